The molecule has 2 fully saturated rings. The highest BCUT2D eigenvalue weighted by atomic mass is 16.2. The van der Waals surface area contributed by atoms with E-state index < -0.39 is 0 Å². The standard InChI is InChI=1S/C21H26N4O/c26-21(25-12-6-7-13-25)20(18-8-2-1-3-9-18)24-16-14-23(15-17-24)19-10-4-5-11-22-19/h1-5,8-11,20H,6-7,12-17H2/t20-/m0/s1. The number of anilines is 1. The summed E-state index contributed by atoms with van der Waals surface area (Å²) in [4.78, 5) is 24.4. The van der Waals surface area contributed by atoms with E-state index in [0.717, 1.165) is 63.5 Å². The van der Waals surface area contributed by atoms with Crippen molar-refractivity contribution >= 4 is 11.7 Å². The Hall–Kier alpha value is -2.40. The van der Waals surface area contributed by atoms with Crippen LogP contribution >= 0.6 is 0 Å². The van der Waals surface area contributed by atoms with Gasteiger partial charge in [0.1, 0.15) is 11.9 Å². The Kier molecular flexibility index (Phi) is 5.16. The van der Waals surface area contributed by atoms with Crippen molar-refractivity contribution in [2.24, 2.45) is 0 Å². The molecular weight excluding hydrogens is 324 g/mol. The second-order valence-corrected chi connectivity index (χ2v) is 7.06. The van der Waals surface area contributed by atoms with Crippen LogP contribution < -0.4 is 4.90 Å². The van der Waals surface area contributed by atoms with Gasteiger partial charge in [-0.15, -0.1) is 0 Å². The molecular formula is C21H26N4O. The number of amides is 1. The van der Waals surface area contributed by atoms with Gasteiger partial charge in [-0.05, 0) is 30.5 Å². The Labute approximate surface area is 155 Å². The molecule has 5 heteroatoms. The minimum Gasteiger partial charge on any atom is -0.354 e. The van der Waals surface area contributed by atoms with Gasteiger partial charge in [-0.1, -0.05) is 36.4 Å². The average molecular weight is 350 g/mol. The molecule has 0 N–H and O–H groups in total. The van der Waals surface area contributed by atoms with Crippen molar-refractivity contribution in [1.29, 1.82) is 0 Å². The molecule has 1 aromatic carbocycles. The number of aromatic nitrogens is 1. The van der Waals surface area contributed by atoms with Crippen molar-refractivity contribution in [3.8, 4) is 0 Å². The SMILES string of the molecule is O=C([C@H](c1ccccc1)N1CCN(c2ccccn2)CC1)N1CCCC1. The monoisotopic (exact) mass is 350 g/mol. The van der Waals surface area contributed by atoms with E-state index in [2.05, 4.69) is 33.0 Å². The molecule has 1 aromatic heterocycles. The quantitative estimate of drug-likeness (QED) is 0.850. The summed E-state index contributed by atoms with van der Waals surface area (Å²) in [5.74, 6) is 1.29. The maximum Gasteiger partial charge on any atom is 0.244 e. The van der Waals surface area contributed by atoms with Crippen LogP contribution in [0.2, 0.25) is 0 Å². The molecule has 2 aliphatic heterocycles. The summed E-state index contributed by atoms with van der Waals surface area (Å²) in [5.41, 5.74) is 1.11. The van der Waals surface area contributed by atoms with Crippen LogP contribution in [0.1, 0.15) is 24.4 Å². The first-order valence-corrected chi connectivity index (χ1v) is 9.57. The molecule has 26 heavy (non-hydrogen) atoms. The predicted molar refractivity (Wildman–Crippen MR) is 103 cm³/mol. The molecule has 2 aliphatic rings. The molecule has 4 rings (SSSR count). The van der Waals surface area contributed by atoms with Crippen LogP contribution in [0.25, 0.3) is 0 Å². The van der Waals surface area contributed by atoms with Crippen LogP contribution in [0.3, 0.4) is 0 Å². The molecule has 0 spiro atoms. The van der Waals surface area contributed by atoms with Gasteiger partial charge in [0.2, 0.25) is 5.91 Å². The number of likely N-dealkylation sites (tertiary alicyclic amines) is 1. The highest BCUT2D eigenvalue weighted by Crippen LogP contribution is 2.27. The van der Waals surface area contributed by atoms with E-state index in [1.54, 1.807) is 0 Å². The van der Waals surface area contributed by atoms with E-state index in [0.29, 0.717) is 0 Å². The minimum atomic E-state index is -0.166. The van der Waals surface area contributed by atoms with Crippen molar-refractivity contribution in [1.82, 2.24) is 14.8 Å². The Bertz CT molecular complexity index is 707. The van der Waals surface area contributed by atoms with Crippen LogP contribution in [-0.2, 0) is 4.79 Å². The lowest BCUT2D eigenvalue weighted by Gasteiger charge is -2.40. The van der Waals surface area contributed by atoms with Gasteiger partial charge in [-0.3, -0.25) is 9.69 Å². The molecule has 3 heterocycles. The zero-order valence-corrected chi connectivity index (χ0v) is 15.1. The Morgan fingerprint density at radius 1 is 0.846 bits per heavy atom. The van der Waals surface area contributed by atoms with Crippen LogP contribution in [0.4, 0.5) is 5.82 Å². The fourth-order valence-electron chi connectivity index (χ4n) is 4.01. The minimum absolute atomic E-state index is 0.166. The topological polar surface area (TPSA) is 39.7 Å². The molecule has 0 aliphatic carbocycles. The van der Waals surface area contributed by atoms with Crippen LogP contribution in [0, 0.1) is 0 Å². The summed E-state index contributed by atoms with van der Waals surface area (Å²) in [6.45, 7) is 5.33. The van der Waals surface area contributed by atoms with Crippen molar-refractivity contribution in [2.45, 2.75) is 18.9 Å². The summed E-state index contributed by atoms with van der Waals surface area (Å²) in [6, 6.07) is 16.1. The van der Waals surface area contributed by atoms with E-state index >= 15 is 0 Å². The van der Waals surface area contributed by atoms with Crippen LogP contribution in [-0.4, -0.2) is 60.0 Å². The van der Waals surface area contributed by atoms with Gasteiger partial charge in [-0.2, -0.15) is 0 Å². The van der Waals surface area contributed by atoms with E-state index in [4.69, 9.17) is 0 Å². The third kappa shape index (κ3) is 3.58. The number of hydrogen-bond acceptors (Lipinski definition) is 4. The zero-order valence-electron chi connectivity index (χ0n) is 15.1. The third-order valence-corrected chi connectivity index (χ3v) is 5.42. The maximum absolute atomic E-state index is 13.3. The number of hydrogen-bond donors (Lipinski definition) is 0. The normalized spacial score (nSPS) is 19.5. The van der Waals surface area contributed by atoms with Crippen LogP contribution in [0.15, 0.2) is 54.7 Å². The van der Waals surface area contributed by atoms with Gasteiger partial charge in [-0.25, -0.2) is 4.98 Å². The number of piperazine rings is 1. The summed E-state index contributed by atoms with van der Waals surface area (Å²) in [5, 5.41) is 0. The average Bonchev–Trinajstić information content (AvgIpc) is 3.25. The fraction of sp³-hybridized carbons (Fsp3) is 0.429. The first kappa shape index (κ1) is 17.0. The number of carbonyl (C=O) groups excluding carboxylic acids is 1. The second-order valence-electron chi connectivity index (χ2n) is 7.06. The molecule has 1 amide bonds. The van der Waals surface area contributed by atoms with Crippen LogP contribution in [0.5, 0.6) is 0 Å². The van der Waals surface area contributed by atoms with E-state index in [9.17, 15) is 4.79 Å². The Morgan fingerprint density at radius 2 is 1.54 bits per heavy atom. The third-order valence-electron chi connectivity index (χ3n) is 5.42. The number of rotatable bonds is 4. The molecule has 0 radical (unpaired) electrons. The lowest BCUT2D eigenvalue weighted by molar-refractivity contribution is -0.136. The highest BCUT2D eigenvalue weighted by molar-refractivity contribution is 5.83. The van der Waals surface area contributed by atoms with Crippen molar-refractivity contribution in [3.05, 3.63) is 60.3 Å². The van der Waals surface area contributed by atoms with E-state index in [1.807, 2.05) is 41.4 Å². The summed E-state index contributed by atoms with van der Waals surface area (Å²) in [6.07, 6.45) is 4.09. The zero-order chi connectivity index (χ0) is 17.8. The van der Waals surface area contributed by atoms with Gasteiger partial charge in [0, 0.05) is 45.5 Å². The Balaban J connectivity index is 1.51. The first-order valence-electron chi connectivity index (χ1n) is 9.57. The number of pyridine rings is 1. The maximum atomic E-state index is 13.3. The smallest absolute Gasteiger partial charge is 0.244 e. The van der Waals surface area contributed by atoms with E-state index in [-0.39, 0.29) is 11.9 Å². The predicted octanol–water partition coefficient (Wildman–Crippen LogP) is 2.57. The van der Waals surface area contributed by atoms with Gasteiger partial charge >= 0.3 is 0 Å². The van der Waals surface area contributed by atoms with Gasteiger partial charge in [0.05, 0.1) is 0 Å². The van der Waals surface area contributed by atoms with Gasteiger partial charge in [0.15, 0.2) is 0 Å². The molecule has 1 atom stereocenters. The lowest BCUT2D eigenvalue weighted by Crippen LogP contribution is -2.51. The van der Waals surface area contributed by atoms with Crippen molar-refractivity contribution in [3.63, 3.8) is 0 Å². The molecule has 2 aromatic rings. The molecule has 0 unspecified atom stereocenters. The highest BCUT2D eigenvalue weighted by Gasteiger charge is 2.34. The number of carbonyl (C=O) groups is 1. The van der Waals surface area contributed by atoms with Crippen molar-refractivity contribution < 1.29 is 4.79 Å². The lowest BCUT2D eigenvalue weighted by atomic mass is 10.0. The molecule has 5 nitrogen and oxygen atoms in total. The summed E-state index contributed by atoms with van der Waals surface area (Å²) < 4.78 is 0. The second kappa shape index (κ2) is 7.87. The first-order chi connectivity index (χ1) is 12.8. The molecule has 0 bridgehead atoms. The fourth-order valence-corrected chi connectivity index (χ4v) is 4.01. The Morgan fingerprint density at radius 3 is 2.19 bits per heavy atom. The molecule has 2 saturated heterocycles. The summed E-state index contributed by atoms with van der Waals surface area (Å²) >= 11 is 0. The van der Waals surface area contributed by atoms with Crippen molar-refractivity contribution in [2.75, 3.05) is 44.2 Å². The van der Waals surface area contributed by atoms with Gasteiger partial charge < -0.3 is 9.80 Å². The van der Waals surface area contributed by atoms with Gasteiger partial charge in [0.25, 0.3) is 0 Å². The molecule has 0 saturated carbocycles. The molecule has 136 valence electrons. The van der Waals surface area contributed by atoms with E-state index in [1.165, 1.54) is 0 Å². The number of nitrogens with zero attached hydrogens (tertiary/aromatic N) is 4. The number of benzene rings is 1. The summed E-state index contributed by atoms with van der Waals surface area (Å²) in [7, 11) is 0. The largest absolute Gasteiger partial charge is 0.354 e.